The highest BCUT2D eigenvalue weighted by Crippen LogP contribution is 2.23. The van der Waals surface area contributed by atoms with E-state index >= 15 is 0 Å². The lowest BCUT2D eigenvalue weighted by molar-refractivity contribution is -0.147. The molecule has 1 atom stereocenters. The van der Waals surface area contributed by atoms with Gasteiger partial charge in [-0.3, -0.25) is 9.59 Å². The summed E-state index contributed by atoms with van der Waals surface area (Å²) in [4.78, 5) is 21.8. The van der Waals surface area contributed by atoms with Gasteiger partial charge in [-0.2, -0.15) is 0 Å². The number of hydrogen-bond donors (Lipinski definition) is 0. The predicted molar refractivity (Wildman–Crippen MR) is 76.1 cm³/mol. The van der Waals surface area contributed by atoms with Gasteiger partial charge in [0.15, 0.2) is 0 Å². The molecule has 0 aliphatic carbocycles. The summed E-state index contributed by atoms with van der Waals surface area (Å²) in [7, 11) is 0. The van der Waals surface area contributed by atoms with Crippen LogP contribution >= 0.6 is 0 Å². The number of rotatable bonds is 8. The number of unbranched alkanes of at least 4 members (excludes halogenated alkanes) is 2. The third-order valence-corrected chi connectivity index (χ3v) is 2.90. The summed E-state index contributed by atoms with van der Waals surface area (Å²) in [5, 5.41) is 0. The molecule has 1 aromatic rings. The Morgan fingerprint density at radius 1 is 1.00 bits per heavy atom. The molecular formula is C16H22O4. The average molecular weight is 278 g/mol. The van der Waals surface area contributed by atoms with E-state index in [9.17, 15) is 9.59 Å². The minimum Gasteiger partial charge on any atom is -0.466 e. The second-order valence-electron chi connectivity index (χ2n) is 4.70. The van der Waals surface area contributed by atoms with Gasteiger partial charge in [-0.05, 0) is 31.2 Å². The molecule has 0 aliphatic rings. The summed E-state index contributed by atoms with van der Waals surface area (Å²) in [6, 6.07) is 9.74. The largest absolute Gasteiger partial charge is 0.466 e. The molecule has 20 heavy (non-hydrogen) atoms. The zero-order chi connectivity index (χ0) is 14.8. The molecule has 0 N–H and O–H groups in total. The van der Waals surface area contributed by atoms with Crippen molar-refractivity contribution in [3.63, 3.8) is 0 Å². The predicted octanol–water partition coefficient (Wildman–Crippen LogP) is 3.41. The summed E-state index contributed by atoms with van der Waals surface area (Å²) in [6.07, 6.45) is 3.29. The molecule has 4 nitrogen and oxygen atoms in total. The first kappa shape index (κ1) is 16.2. The third kappa shape index (κ3) is 6.92. The molecule has 0 aromatic heterocycles. The van der Waals surface area contributed by atoms with Crippen LogP contribution in [0.1, 0.15) is 51.2 Å². The van der Waals surface area contributed by atoms with Crippen molar-refractivity contribution in [3.05, 3.63) is 35.9 Å². The topological polar surface area (TPSA) is 52.6 Å². The fourth-order valence-electron chi connectivity index (χ4n) is 1.99. The van der Waals surface area contributed by atoms with Crippen molar-refractivity contribution in [2.24, 2.45) is 0 Å². The lowest BCUT2D eigenvalue weighted by Crippen LogP contribution is -2.08. The molecule has 4 heteroatoms. The number of esters is 2. The summed E-state index contributed by atoms with van der Waals surface area (Å²) in [5.74, 6) is -0.508. The Morgan fingerprint density at radius 2 is 1.70 bits per heavy atom. The number of ether oxygens (including phenoxy) is 2. The Kier molecular flexibility index (Phi) is 7.40. The molecule has 0 fully saturated rings. The van der Waals surface area contributed by atoms with Gasteiger partial charge in [0, 0.05) is 13.8 Å². The van der Waals surface area contributed by atoms with Crippen LogP contribution in [0, 0.1) is 0 Å². The fourth-order valence-corrected chi connectivity index (χ4v) is 1.99. The third-order valence-electron chi connectivity index (χ3n) is 2.90. The molecule has 0 bridgehead atoms. The maximum atomic E-state index is 11.2. The number of benzene rings is 1. The van der Waals surface area contributed by atoms with Crippen LogP contribution in [-0.4, -0.2) is 18.5 Å². The van der Waals surface area contributed by atoms with Gasteiger partial charge in [0.2, 0.25) is 0 Å². The zero-order valence-corrected chi connectivity index (χ0v) is 12.1. The maximum Gasteiger partial charge on any atom is 0.303 e. The van der Waals surface area contributed by atoms with Crippen LogP contribution in [0.15, 0.2) is 30.3 Å². The minimum atomic E-state index is -0.265. The van der Waals surface area contributed by atoms with Crippen LogP contribution in [-0.2, 0) is 19.1 Å². The van der Waals surface area contributed by atoms with Crippen LogP contribution < -0.4 is 0 Å². The molecule has 1 unspecified atom stereocenters. The molecular weight excluding hydrogens is 256 g/mol. The number of carbonyl (C=O) groups excluding carboxylic acids is 2. The first-order chi connectivity index (χ1) is 9.59. The van der Waals surface area contributed by atoms with Gasteiger partial charge in [0.05, 0.1) is 6.61 Å². The molecule has 1 rings (SSSR count). The van der Waals surface area contributed by atoms with Crippen LogP contribution in [0.3, 0.4) is 0 Å². The Balaban J connectivity index is 2.35. The van der Waals surface area contributed by atoms with Crippen molar-refractivity contribution in [2.45, 2.75) is 45.6 Å². The quantitative estimate of drug-likeness (QED) is 0.540. The second-order valence-corrected chi connectivity index (χ2v) is 4.70. The molecule has 0 saturated heterocycles. The lowest BCUT2D eigenvalue weighted by atomic mass is 10.0. The van der Waals surface area contributed by atoms with Crippen LogP contribution in [0.25, 0.3) is 0 Å². The zero-order valence-electron chi connectivity index (χ0n) is 12.1. The van der Waals surface area contributed by atoms with E-state index < -0.39 is 0 Å². The molecule has 0 aliphatic heterocycles. The van der Waals surface area contributed by atoms with Crippen molar-refractivity contribution in [1.82, 2.24) is 0 Å². The Morgan fingerprint density at radius 3 is 2.30 bits per heavy atom. The van der Waals surface area contributed by atoms with Crippen LogP contribution in [0.4, 0.5) is 0 Å². The average Bonchev–Trinajstić information content (AvgIpc) is 2.41. The van der Waals surface area contributed by atoms with Crippen molar-refractivity contribution in [2.75, 3.05) is 6.61 Å². The molecule has 1 aromatic carbocycles. The van der Waals surface area contributed by atoms with Crippen molar-refractivity contribution in [1.29, 1.82) is 0 Å². The van der Waals surface area contributed by atoms with Gasteiger partial charge < -0.3 is 9.47 Å². The lowest BCUT2D eigenvalue weighted by Gasteiger charge is -2.17. The van der Waals surface area contributed by atoms with Crippen molar-refractivity contribution >= 4 is 11.9 Å². The van der Waals surface area contributed by atoms with Gasteiger partial charge >= 0.3 is 11.9 Å². The molecule has 0 amide bonds. The highest BCUT2D eigenvalue weighted by Gasteiger charge is 2.13. The SMILES string of the molecule is CC(=O)OCCCCCC(OC(C)=O)c1ccccc1. The van der Waals surface area contributed by atoms with Gasteiger partial charge in [-0.25, -0.2) is 0 Å². The fraction of sp³-hybridized carbons (Fsp3) is 0.500. The van der Waals surface area contributed by atoms with Crippen molar-refractivity contribution in [3.8, 4) is 0 Å². The second kappa shape index (κ2) is 9.13. The minimum absolute atomic E-state index is 0.192. The molecule has 110 valence electrons. The summed E-state index contributed by atoms with van der Waals surface area (Å²) in [5.41, 5.74) is 1.02. The molecule has 0 spiro atoms. The van der Waals surface area contributed by atoms with Gasteiger partial charge in [0.1, 0.15) is 6.10 Å². The monoisotopic (exact) mass is 278 g/mol. The summed E-state index contributed by atoms with van der Waals surface area (Å²) < 4.78 is 10.2. The van der Waals surface area contributed by atoms with Crippen LogP contribution in [0.2, 0.25) is 0 Å². The summed E-state index contributed by atoms with van der Waals surface area (Å²) >= 11 is 0. The van der Waals surface area contributed by atoms with E-state index in [2.05, 4.69) is 0 Å². The first-order valence-electron chi connectivity index (χ1n) is 6.95. The maximum absolute atomic E-state index is 11.2. The van der Waals surface area contributed by atoms with E-state index in [1.165, 1.54) is 13.8 Å². The molecule has 0 radical (unpaired) electrons. The smallest absolute Gasteiger partial charge is 0.303 e. The van der Waals surface area contributed by atoms with E-state index in [0.717, 1.165) is 31.2 Å². The van der Waals surface area contributed by atoms with Gasteiger partial charge in [-0.1, -0.05) is 30.3 Å². The van der Waals surface area contributed by atoms with E-state index in [1.807, 2.05) is 30.3 Å². The highest BCUT2D eigenvalue weighted by atomic mass is 16.5. The standard InChI is InChI=1S/C16H22O4/c1-13(17)19-12-8-4-7-11-16(20-14(2)18)15-9-5-3-6-10-15/h3,5-6,9-10,16H,4,7-8,11-12H2,1-2H3. The molecule has 0 saturated carbocycles. The van der Waals surface area contributed by atoms with E-state index in [0.29, 0.717) is 6.61 Å². The number of carbonyl (C=O) groups is 2. The first-order valence-corrected chi connectivity index (χ1v) is 6.95. The van der Waals surface area contributed by atoms with Crippen molar-refractivity contribution < 1.29 is 19.1 Å². The molecule has 0 heterocycles. The Bertz CT molecular complexity index is 414. The summed E-state index contributed by atoms with van der Waals surface area (Å²) in [6.45, 7) is 3.29. The van der Waals surface area contributed by atoms with E-state index in [4.69, 9.17) is 9.47 Å². The van der Waals surface area contributed by atoms with Gasteiger partial charge in [-0.15, -0.1) is 0 Å². The Hall–Kier alpha value is -1.84. The number of hydrogen-bond acceptors (Lipinski definition) is 4. The Labute approximate surface area is 120 Å². The van der Waals surface area contributed by atoms with Crippen LogP contribution in [0.5, 0.6) is 0 Å². The highest BCUT2D eigenvalue weighted by molar-refractivity contribution is 5.66. The van der Waals surface area contributed by atoms with Gasteiger partial charge in [0.25, 0.3) is 0 Å². The normalized spacial score (nSPS) is 11.7. The van der Waals surface area contributed by atoms with E-state index in [-0.39, 0.29) is 18.0 Å². The van der Waals surface area contributed by atoms with E-state index in [1.54, 1.807) is 0 Å².